The molecule has 0 saturated heterocycles. The molecule has 0 aliphatic rings. The SMILES string of the molecule is CC(O)CC(C)(OC(=O)C(C)O)C(=O)O. The second kappa shape index (κ2) is 5.09. The zero-order valence-electron chi connectivity index (χ0n) is 8.93. The van der Waals surface area contributed by atoms with Crippen molar-refractivity contribution in [3.8, 4) is 0 Å². The van der Waals surface area contributed by atoms with Crippen molar-refractivity contribution in [2.75, 3.05) is 0 Å². The number of hydrogen-bond donors (Lipinski definition) is 3. The Hall–Kier alpha value is -1.14. The van der Waals surface area contributed by atoms with Crippen LogP contribution in [0.5, 0.6) is 0 Å². The van der Waals surface area contributed by atoms with Gasteiger partial charge in [-0.2, -0.15) is 0 Å². The molecule has 15 heavy (non-hydrogen) atoms. The van der Waals surface area contributed by atoms with Gasteiger partial charge in [-0.05, 0) is 20.8 Å². The average molecular weight is 220 g/mol. The first-order valence-electron chi connectivity index (χ1n) is 4.51. The van der Waals surface area contributed by atoms with Crippen LogP contribution in [0.3, 0.4) is 0 Å². The van der Waals surface area contributed by atoms with Crippen LogP contribution in [0.1, 0.15) is 27.2 Å². The van der Waals surface area contributed by atoms with E-state index in [1.165, 1.54) is 20.8 Å². The molecule has 0 rings (SSSR count). The third-order valence-electron chi connectivity index (χ3n) is 1.80. The molecule has 0 spiro atoms. The van der Waals surface area contributed by atoms with Gasteiger partial charge in [0.15, 0.2) is 0 Å². The average Bonchev–Trinajstić information content (AvgIpc) is 2.01. The Morgan fingerprint density at radius 1 is 1.33 bits per heavy atom. The monoisotopic (exact) mass is 220 g/mol. The number of esters is 1. The third-order valence-corrected chi connectivity index (χ3v) is 1.80. The fourth-order valence-corrected chi connectivity index (χ4v) is 1.04. The van der Waals surface area contributed by atoms with E-state index >= 15 is 0 Å². The lowest BCUT2D eigenvalue weighted by molar-refractivity contribution is -0.184. The molecule has 0 fully saturated rings. The minimum absolute atomic E-state index is 0.235. The standard InChI is InChI=1S/C9H16O6/c1-5(10)4-9(3,8(13)14)15-7(12)6(2)11/h5-6,10-11H,4H2,1-3H3,(H,13,14). The molecule has 0 aromatic rings. The molecule has 0 aliphatic heterocycles. The van der Waals surface area contributed by atoms with Crippen LogP contribution >= 0.6 is 0 Å². The Balaban J connectivity index is 4.66. The van der Waals surface area contributed by atoms with Gasteiger partial charge in [-0.3, -0.25) is 0 Å². The van der Waals surface area contributed by atoms with Gasteiger partial charge < -0.3 is 20.1 Å². The summed E-state index contributed by atoms with van der Waals surface area (Å²) in [6.45, 7) is 3.73. The summed E-state index contributed by atoms with van der Waals surface area (Å²) in [6.07, 6.45) is -2.55. The fourth-order valence-electron chi connectivity index (χ4n) is 1.04. The number of rotatable bonds is 5. The lowest BCUT2D eigenvalue weighted by Crippen LogP contribution is -2.44. The second-order valence-corrected chi connectivity index (χ2v) is 3.69. The largest absolute Gasteiger partial charge is 0.478 e. The molecular formula is C9H16O6. The molecule has 0 bridgehead atoms. The van der Waals surface area contributed by atoms with Crippen LogP contribution in [0.2, 0.25) is 0 Å². The summed E-state index contributed by atoms with van der Waals surface area (Å²) >= 11 is 0. The van der Waals surface area contributed by atoms with E-state index in [0.717, 1.165) is 0 Å². The van der Waals surface area contributed by atoms with Crippen molar-refractivity contribution in [2.24, 2.45) is 0 Å². The topological polar surface area (TPSA) is 104 Å². The highest BCUT2D eigenvalue weighted by Crippen LogP contribution is 2.19. The van der Waals surface area contributed by atoms with Crippen molar-refractivity contribution >= 4 is 11.9 Å². The Bertz CT molecular complexity index is 247. The van der Waals surface area contributed by atoms with Gasteiger partial charge in [-0.25, -0.2) is 9.59 Å². The Labute approximate surface area is 87.5 Å². The molecule has 0 saturated carbocycles. The highest BCUT2D eigenvalue weighted by Gasteiger charge is 2.39. The van der Waals surface area contributed by atoms with Gasteiger partial charge in [0.05, 0.1) is 6.10 Å². The maximum Gasteiger partial charge on any atom is 0.347 e. The van der Waals surface area contributed by atoms with Crippen LogP contribution in [-0.4, -0.2) is 45.1 Å². The molecule has 0 aromatic carbocycles. The number of hydrogen-bond acceptors (Lipinski definition) is 5. The number of carboxylic acid groups (broad SMARTS) is 1. The lowest BCUT2D eigenvalue weighted by Gasteiger charge is -2.26. The Morgan fingerprint density at radius 2 is 1.80 bits per heavy atom. The van der Waals surface area contributed by atoms with Crippen LogP contribution in [0.15, 0.2) is 0 Å². The minimum atomic E-state index is -1.82. The van der Waals surface area contributed by atoms with Gasteiger partial charge in [-0.1, -0.05) is 0 Å². The number of carbonyl (C=O) groups is 2. The summed E-state index contributed by atoms with van der Waals surface area (Å²) in [7, 11) is 0. The molecule has 0 aliphatic carbocycles. The van der Waals surface area contributed by atoms with Crippen LogP contribution in [-0.2, 0) is 14.3 Å². The van der Waals surface area contributed by atoms with E-state index < -0.39 is 29.7 Å². The number of ether oxygens (including phenoxy) is 1. The molecule has 0 amide bonds. The van der Waals surface area contributed by atoms with E-state index in [1.807, 2.05) is 0 Å². The van der Waals surface area contributed by atoms with E-state index in [2.05, 4.69) is 4.74 Å². The molecule has 6 heteroatoms. The second-order valence-electron chi connectivity index (χ2n) is 3.69. The maximum absolute atomic E-state index is 11.0. The van der Waals surface area contributed by atoms with E-state index in [4.69, 9.17) is 15.3 Å². The van der Waals surface area contributed by atoms with Gasteiger partial charge in [0.2, 0.25) is 5.60 Å². The summed E-state index contributed by atoms with van der Waals surface area (Å²) < 4.78 is 4.62. The molecule has 0 aromatic heterocycles. The normalized spacial score (nSPS) is 18.7. The predicted molar refractivity (Wildman–Crippen MR) is 50.1 cm³/mol. The van der Waals surface area contributed by atoms with E-state index in [1.54, 1.807) is 0 Å². The highest BCUT2D eigenvalue weighted by atomic mass is 16.6. The quantitative estimate of drug-likeness (QED) is 0.541. The number of aliphatic hydroxyl groups is 2. The summed E-state index contributed by atoms with van der Waals surface area (Å²) in [5, 5.41) is 26.8. The van der Waals surface area contributed by atoms with Gasteiger partial charge >= 0.3 is 11.9 Å². The molecule has 3 unspecified atom stereocenters. The van der Waals surface area contributed by atoms with Crippen LogP contribution < -0.4 is 0 Å². The van der Waals surface area contributed by atoms with Crippen molar-refractivity contribution in [1.82, 2.24) is 0 Å². The predicted octanol–water partition coefficient (Wildman–Crippen LogP) is -0.475. The summed E-state index contributed by atoms with van der Waals surface area (Å²) in [5.74, 6) is -2.39. The van der Waals surface area contributed by atoms with Crippen LogP contribution in [0.4, 0.5) is 0 Å². The number of aliphatic hydroxyl groups excluding tert-OH is 2. The zero-order valence-corrected chi connectivity index (χ0v) is 8.93. The minimum Gasteiger partial charge on any atom is -0.478 e. The number of aliphatic carboxylic acids is 1. The third kappa shape index (κ3) is 4.26. The van der Waals surface area contributed by atoms with E-state index in [-0.39, 0.29) is 6.42 Å². The summed E-state index contributed by atoms with van der Waals surface area (Å²) in [5.41, 5.74) is -1.82. The van der Waals surface area contributed by atoms with Crippen molar-refractivity contribution < 1.29 is 29.6 Å². The molecular weight excluding hydrogens is 204 g/mol. The molecule has 3 N–H and O–H groups in total. The van der Waals surface area contributed by atoms with E-state index in [0.29, 0.717) is 0 Å². The maximum atomic E-state index is 11.0. The van der Waals surface area contributed by atoms with Crippen molar-refractivity contribution in [2.45, 2.75) is 45.0 Å². The Morgan fingerprint density at radius 3 is 2.07 bits per heavy atom. The van der Waals surface area contributed by atoms with Gasteiger partial charge in [0.25, 0.3) is 0 Å². The fraction of sp³-hybridized carbons (Fsp3) is 0.778. The zero-order chi connectivity index (χ0) is 12.2. The van der Waals surface area contributed by atoms with Gasteiger partial charge in [-0.15, -0.1) is 0 Å². The summed E-state index contributed by atoms with van der Waals surface area (Å²) in [4.78, 5) is 21.9. The van der Waals surface area contributed by atoms with Crippen molar-refractivity contribution in [3.05, 3.63) is 0 Å². The van der Waals surface area contributed by atoms with Crippen molar-refractivity contribution in [3.63, 3.8) is 0 Å². The van der Waals surface area contributed by atoms with Crippen LogP contribution in [0, 0.1) is 0 Å². The smallest absolute Gasteiger partial charge is 0.347 e. The van der Waals surface area contributed by atoms with Crippen LogP contribution in [0.25, 0.3) is 0 Å². The number of carboxylic acids is 1. The van der Waals surface area contributed by atoms with Crippen molar-refractivity contribution in [1.29, 1.82) is 0 Å². The first-order valence-corrected chi connectivity index (χ1v) is 4.51. The van der Waals surface area contributed by atoms with E-state index in [9.17, 15) is 9.59 Å². The molecule has 0 radical (unpaired) electrons. The molecule has 3 atom stereocenters. The molecule has 0 heterocycles. The highest BCUT2D eigenvalue weighted by molar-refractivity contribution is 5.83. The lowest BCUT2D eigenvalue weighted by atomic mass is 9.99. The van der Waals surface area contributed by atoms with Gasteiger partial charge in [0.1, 0.15) is 6.10 Å². The summed E-state index contributed by atoms with van der Waals surface area (Å²) in [6, 6.07) is 0. The number of carbonyl (C=O) groups excluding carboxylic acids is 1. The first-order chi connectivity index (χ1) is 6.69. The van der Waals surface area contributed by atoms with Gasteiger partial charge in [0, 0.05) is 6.42 Å². The first kappa shape index (κ1) is 13.9. The molecule has 6 nitrogen and oxygen atoms in total. The molecule has 88 valence electrons. The Kier molecular flexibility index (Phi) is 4.70.